The fourth-order valence-corrected chi connectivity index (χ4v) is 5.13. The van der Waals surface area contributed by atoms with Gasteiger partial charge in [-0.05, 0) is 97.6 Å². The summed E-state index contributed by atoms with van der Waals surface area (Å²) < 4.78 is 2.05. The molecule has 0 atom stereocenters. The third-order valence-electron chi connectivity index (χ3n) is 6.86. The molecule has 5 heteroatoms. The molecule has 31 heavy (non-hydrogen) atoms. The van der Waals surface area contributed by atoms with Crippen molar-refractivity contribution in [3.05, 3.63) is 75.3 Å². The first-order valence-corrected chi connectivity index (χ1v) is 11.8. The van der Waals surface area contributed by atoms with Crippen molar-refractivity contribution in [3.8, 4) is 0 Å². The normalized spacial score (nSPS) is 16.6. The quantitative estimate of drug-likeness (QED) is 0.639. The Labute approximate surface area is 184 Å². The monoisotopic (exact) mass is 416 g/mol. The fourth-order valence-electron chi connectivity index (χ4n) is 5.13. The molecule has 1 aliphatic heterocycles. The van der Waals surface area contributed by atoms with E-state index in [1.165, 1.54) is 47.8 Å². The van der Waals surface area contributed by atoms with Crippen molar-refractivity contribution in [2.24, 2.45) is 0 Å². The minimum Gasteiger partial charge on any atom is -0.308 e. The molecule has 162 valence electrons. The summed E-state index contributed by atoms with van der Waals surface area (Å²) in [5.41, 5.74) is 6.20. The van der Waals surface area contributed by atoms with Crippen molar-refractivity contribution in [3.63, 3.8) is 0 Å². The summed E-state index contributed by atoms with van der Waals surface area (Å²) in [6, 6.07) is 10.8. The van der Waals surface area contributed by atoms with E-state index in [2.05, 4.69) is 33.4 Å². The fraction of sp³-hybridized carbons (Fsp3) is 0.462. The SMILES string of the molecule is O=c1c(CNCc2ccncc2)cc2cc3c(cc2n1CCN1CCCCC1)CCC3. The van der Waals surface area contributed by atoms with E-state index >= 15 is 0 Å². The number of benzene rings is 1. The lowest BCUT2D eigenvalue weighted by Crippen LogP contribution is -2.36. The van der Waals surface area contributed by atoms with Gasteiger partial charge in [0, 0.05) is 44.1 Å². The highest BCUT2D eigenvalue weighted by molar-refractivity contribution is 5.82. The van der Waals surface area contributed by atoms with Gasteiger partial charge >= 0.3 is 0 Å². The first-order valence-electron chi connectivity index (χ1n) is 11.8. The Hall–Kier alpha value is -2.50. The van der Waals surface area contributed by atoms with Gasteiger partial charge in [0.25, 0.3) is 5.56 Å². The molecule has 5 nitrogen and oxygen atoms in total. The third-order valence-corrected chi connectivity index (χ3v) is 6.86. The van der Waals surface area contributed by atoms with Crippen LogP contribution in [0.3, 0.4) is 0 Å². The van der Waals surface area contributed by atoms with Gasteiger partial charge in [-0.2, -0.15) is 0 Å². The van der Waals surface area contributed by atoms with Crippen LogP contribution in [0.1, 0.15) is 47.9 Å². The molecule has 3 aromatic rings. The zero-order valence-corrected chi connectivity index (χ0v) is 18.3. The average molecular weight is 417 g/mol. The topological polar surface area (TPSA) is 50.2 Å². The third kappa shape index (κ3) is 4.58. The first-order chi connectivity index (χ1) is 15.3. The lowest BCUT2D eigenvalue weighted by molar-refractivity contribution is 0.221. The molecule has 1 aromatic carbocycles. The second-order valence-electron chi connectivity index (χ2n) is 9.02. The zero-order chi connectivity index (χ0) is 21.0. The second kappa shape index (κ2) is 9.33. The van der Waals surface area contributed by atoms with E-state index in [0.29, 0.717) is 6.54 Å². The van der Waals surface area contributed by atoms with Crippen molar-refractivity contribution in [1.29, 1.82) is 0 Å². The maximum atomic E-state index is 13.5. The second-order valence-corrected chi connectivity index (χ2v) is 9.02. The van der Waals surface area contributed by atoms with E-state index < -0.39 is 0 Å². The molecule has 3 heterocycles. The van der Waals surface area contributed by atoms with Crippen LogP contribution in [-0.2, 0) is 32.5 Å². The van der Waals surface area contributed by atoms with Crippen LogP contribution in [-0.4, -0.2) is 34.1 Å². The van der Waals surface area contributed by atoms with Crippen LogP contribution in [0.5, 0.6) is 0 Å². The summed E-state index contributed by atoms with van der Waals surface area (Å²) in [7, 11) is 0. The largest absolute Gasteiger partial charge is 0.308 e. The van der Waals surface area contributed by atoms with E-state index in [4.69, 9.17) is 0 Å². The molecule has 0 saturated carbocycles. The van der Waals surface area contributed by atoms with Crippen molar-refractivity contribution in [2.45, 2.75) is 58.2 Å². The number of nitrogens with one attached hydrogen (secondary N) is 1. The van der Waals surface area contributed by atoms with Gasteiger partial charge in [-0.15, -0.1) is 0 Å². The van der Waals surface area contributed by atoms with Crippen molar-refractivity contribution in [1.82, 2.24) is 19.8 Å². The van der Waals surface area contributed by atoms with Crippen LogP contribution in [0.4, 0.5) is 0 Å². The number of hydrogen-bond acceptors (Lipinski definition) is 4. The van der Waals surface area contributed by atoms with Gasteiger partial charge in [-0.25, -0.2) is 0 Å². The van der Waals surface area contributed by atoms with Crippen LogP contribution in [0.25, 0.3) is 10.9 Å². The first kappa shape index (κ1) is 20.4. The maximum Gasteiger partial charge on any atom is 0.255 e. The predicted octanol–water partition coefficient (Wildman–Crippen LogP) is 3.66. The van der Waals surface area contributed by atoms with Gasteiger partial charge in [-0.1, -0.05) is 6.42 Å². The minimum absolute atomic E-state index is 0.157. The number of nitrogens with zero attached hydrogens (tertiary/aromatic N) is 3. The highest BCUT2D eigenvalue weighted by Gasteiger charge is 2.17. The summed E-state index contributed by atoms with van der Waals surface area (Å²) in [5.74, 6) is 0. The van der Waals surface area contributed by atoms with Crippen LogP contribution < -0.4 is 10.9 Å². The molecule has 1 saturated heterocycles. The van der Waals surface area contributed by atoms with E-state index in [0.717, 1.165) is 56.6 Å². The summed E-state index contributed by atoms with van der Waals surface area (Å²) in [6.07, 6.45) is 11.0. The standard InChI is InChI=1S/C26H32N4O/c31-26-24(19-28-18-20-7-9-27-10-8-20)16-23-15-21-5-4-6-22(21)17-25(23)30(26)14-13-29-11-2-1-3-12-29/h7-10,15-17,28H,1-6,11-14,18-19H2. The zero-order valence-electron chi connectivity index (χ0n) is 18.3. The number of hydrogen-bond donors (Lipinski definition) is 1. The summed E-state index contributed by atoms with van der Waals surface area (Å²) in [5, 5.41) is 4.66. The van der Waals surface area contributed by atoms with E-state index in [1.807, 2.05) is 16.7 Å². The number of likely N-dealkylation sites (tertiary alicyclic amines) is 1. The van der Waals surface area contributed by atoms with Gasteiger partial charge < -0.3 is 14.8 Å². The molecule has 0 unspecified atom stereocenters. The number of rotatable bonds is 7. The number of aromatic nitrogens is 2. The molecule has 2 aliphatic rings. The molecule has 1 N–H and O–H groups in total. The molecular formula is C26H32N4O. The van der Waals surface area contributed by atoms with Crippen LogP contribution >= 0.6 is 0 Å². The molecule has 0 radical (unpaired) electrons. The van der Waals surface area contributed by atoms with Gasteiger partial charge in [0.05, 0.1) is 5.52 Å². The predicted molar refractivity (Wildman–Crippen MR) is 125 cm³/mol. The Morgan fingerprint density at radius 1 is 0.871 bits per heavy atom. The van der Waals surface area contributed by atoms with Gasteiger partial charge in [0.15, 0.2) is 0 Å². The number of aryl methyl sites for hydroxylation is 2. The smallest absolute Gasteiger partial charge is 0.255 e. The minimum atomic E-state index is 0.157. The van der Waals surface area contributed by atoms with E-state index in [9.17, 15) is 4.79 Å². The van der Waals surface area contributed by atoms with Crippen molar-refractivity contribution < 1.29 is 0 Å². The number of fused-ring (bicyclic) bond motifs is 2. The van der Waals surface area contributed by atoms with Crippen LogP contribution in [0.15, 0.2) is 47.5 Å². The summed E-state index contributed by atoms with van der Waals surface area (Å²) in [4.78, 5) is 20.1. The Morgan fingerprint density at radius 2 is 1.65 bits per heavy atom. The van der Waals surface area contributed by atoms with Gasteiger partial charge in [-0.3, -0.25) is 9.78 Å². The maximum absolute atomic E-state index is 13.5. The molecular weight excluding hydrogens is 384 g/mol. The Balaban J connectivity index is 1.43. The molecule has 0 amide bonds. The number of piperidine rings is 1. The lowest BCUT2D eigenvalue weighted by Gasteiger charge is -2.27. The molecule has 1 aliphatic carbocycles. The Bertz CT molecular complexity index is 1100. The van der Waals surface area contributed by atoms with Crippen molar-refractivity contribution in [2.75, 3.05) is 19.6 Å². The Morgan fingerprint density at radius 3 is 2.45 bits per heavy atom. The number of pyridine rings is 2. The average Bonchev–Trinajstić information content (AvgIpc) is 3.26. The highest BCUT2D eigenvalue weighted by Crippen LogP contribution is 2.27. The van der Waals surface area contributed by atoms with Crippen LogP contribution in [0, 0.1) is 0 Å². The van der Waals surface area contributed by atoms with Gasteiger partial charge in [0.2, 0.25) is 0 Å². The summed E-state index contributed by atoms with van der Waals surface area (Å²) in [6.45, 7) is 5.37. The molecule has 0 bridgehead atoms. The van der Waals surface area contributed by atoms with Crippen molar-refractivity contribution >= 4 is 10.9 Å². The molecule has 0 spiro atoms. The molecule has 2 aromatic heterocycles. The Kier molecular flexibility index (Phi) is 6.14. The summed E-state index contributed by atoms with van der Waals surface area (Å²) >= 11 is 0. The van der Waals surface area contributed by atoms with Crippen LogP contribution in [0.2, 0.25) is 0 Å². The highest BCUT2D eigenvalue weighted by atomic mass is 16.1. The van der Waals surface area contributed by atoms with Gasteiger partial charge in [0.1, 0.15) is 0 Å². The molecule has 5 rings (SSSR count). The van der Waals surface area contributed by atoms with E-state index in [-0.39, 0.29) is 5.56 Å². The lowest BCUT2D eigenvalue weighted by atomic mass is 10.0. The van der Waals surface area contributed by atoms with E-state index in [1.54, 1.807) is 12.4 Å². The molecule has 1 fully saturated rings.